The average molecular weight is 250 g/mol. The largest absolute Gasteiger partial charge is 0.484 e. The van der Waals surface area contributed by atoms with Gasteiger partial charge in [-0.2, -0.15) is 0 Å². The summed E-state index contributed by atoms with van der Waals surface area (Å²) >= 11 is 0. The van der Waals surface area contributed by atoms with E-state index >= 15 is 0 Å². The number of allylic oxidation sites excluding steroid dienone is 2. The molecular weight excluding hydrogens is 231 g/mol. The first-order valence-electron chi connectivity index (χ1n) is 5.81. The minimum atomic E-state index is -0.362. The molecule has 0 spiro atoms. The van der Waals surface area contributed by atoms with E-state index in [4.69, 9.17) is 10.6 Å². The van der Waals surface area contributed by atoms with Crippen LogP contribution in [-0.2, 0) is 0 Å². The highest BCUT2D eigenvalue weighted by Crippen LogP contribution is 2.18. The summed E-state index contributed by atoms with van der Waals surface area (Å²) in [5, 5.41) is 0. The number of hydrogen-bond acceptors (Lipinski definition) is 3. The summed E-state index contributed by atoms with van der Waals surface area (Å²) in [7, 11) is 0. The second-order valence-corrected chi connectivity index (χ2v) is 3.95. The third kappa shape index (κ3) is 3.89. The summed E-state index contributed by atoms with van der Waals surface area (Å²) < 4.78 is 18.9. The maximum absolute atomic E-state index is 13.4. The fourth-order valence-corrected chi connectivity index (χ4v) is 1.64. The molecule has 0 fully saturated rings. The number of hydrogen-bond donors (Lipinski definition) is 2. The highest BCUT2D eigenvalue weighted by molar-refractivity contribution is 5.29. The Bertz CT molecular complexity index is 455. The third-order valence-electron chi connectivity index (χ3n) is 2.50. The van der Waals surface area contributed by atoms with Crippen LogP contribution in [0.3, 0.4) is 0 Å². The number of nitrogens with two attached hydrogens (primary N) is 1. The molecular formula is C14H19FN2O. The lowest BCUT2D eigenvalue weighted by Crippen LogP contribution is -2.22. The van der Waals surface area contributed by atoms with Gasteiger partial charge in [-0.25, -0.2) is 4.39 Å². The van der Waals surface area contributed by atoms with Gasteiger partial charge in [-0.1, -0.05) is 18.2 Å². The fourth-order valence-electron chi connectivity index (χ4n) is 1.64. The van der Waals surface area contributed by atoms with E-state index in [0.717, 1.165) is 11.3 Å². The molecule has 0 aliphatic rings. The standard InChI is InChI=1S/C14H19FN2O/c1-4-13(17-16)10(2)9-11(3)18-14-8-6-5-7-12(14)15/h4-9,11,17H,16H2,1-3H3/b10-9-,13-4+. The molecule has 0 bridgehead atoms. The van der Waals surface area contributed by atoms with E-state index in [1.807, 2.05) is 32.9 Å². The Morgan fingerprint density at radius 3 is 2.67 bits per heavy atom. The van der Waals surface area contributed by atoms with Crippen LogP contribution in [0.2, 0.25) is 0 Å². The summed E-state index contributed by atoms with van der Waals surface area (Å²) in [6, 6.07) is 6.34. The van der Waals surface area contributed by atoms with Gasteiger partial charge in [-0.15, -0.1) is 0 Å². The first kappa shape index (κ1) is 14.3. The summed E-state index contributed by atoms with van der Waals surface area (Å²) in [6.07, 6.45) is 3.49. The van der Waals surface area contributed by atoms with Gasteiger partial charge >= 0.3 is 0 Å². The molecule has 1 rings (SSSR count). The highest BCUT2D eigenvalue weighted by atomic mass is 19.1. The molecule has 0 saturated heterocycles. The van der Waals surface area contributed by atoms with Gasteiger partial charge in [0.25, 0.3) is 0 Å². The van der Waals surface area contributed by atoms with Crippen molar-refractivity contribution in [1.82, 2.24) is 5.43 Å². The van der Waals surface area contributed by atoms with Crippen molar-refractivity contribution in [3.8, 4) is 5.75 Å². The van der Waals surface area contributed by atoms with E-state index in [0.29, 0.717) is 0 Å². The maximum atomic E-state index is 13.4. The van der Waals surface area contributed by atoms with E-state index in [-0.39, 0.29) is 17.7 Å². The quantitative estimate of drug-likeness (QED) is 0.480. The van der Waals surface area contributed by atoms with Gasteiger partial charge in [0, 0.05) is 5.70 Å². The Kier molecular flexibility index (Phi) is 5.39. The topological polar surface area (TPSA) is 47.3 Å². The SMILES string of the molecule is C/C=C(NN)\C(C)=C/C(C)Oc1ccccc1F. The van der Waals surface area contributed by atoms with Crippen LogP contribution in [0.15, 0.2) is 47.7 Å². The predicted octanol–water partition coefficient (Wildman–Crippen LogP) is 2.91. The van der Waals surface area contributed by atoms with Crippen LogP contribution in [0.25, 0.3) is 0 Å². The molecule has 18 heavy (non-hydrogen) atoms. The molecule has 0 amide bonds. The van der Waals surface area contributed by atoms with Crippen LogP contribution < -0.4 is 16.0 Å². The number of rotatable bonds is 5. The Morgan fingerprint density at radius 2 is 2.11 bits per heavy atom. The van der Waals surface area contributed by atoms with E-state index in [1.165, 1.54) is 6.07 Å². The van der Waals surface area contributed by atoms with Crippen molar-refractivity contribution in [2.75, 3.05) is 0 Å². The van der Waals surface area contributed by atoms with E-state index in [9.17, 15) is 4.39 Å². The maximum Gasteiger partial charge on any atom is 0.165 e. The minimum Gasteiger partial charge on any atom is -0.484 e. The van der Waals surface area contributed by atoms with E-state index in [1.54, 1.807) is 18.2 Å². The fraction of sp³-hybridized carbons (Fsp3) is 0.286. The molecule has 3 nitrogen and oxygen atoms in total. The molecule has 0 radical (unpaired) electrons. The van der Waals surface area contributed by atoms with Gasteiger partial charge in [0.2, 0.25) is 0 Å². The van der Waals surface area contributed by atoms with Crippen molar-refractivity contribution in [1.29, 1.82) is 0 Å². The van der Waals surface area contributed by atoms with Gasteiger partial charge in [0.1, 0.15) is 6.10 Å². The second-order valence-electron chi connectivity index (χ2n) is 3.95. The molecule has 0 aliphatic heterocycles. The van der Waals surface area contributed by atoms with Crippen molar-refractivity contribution in [2.45, 2.75) is 26.9 Å². The first-order chi connectivity index (χ1) is 8.58. The molecule has 1 aromatic carbocycles. The molecule has 98 valence electrons. The Morgan fingerprint density at radius 1 is 1.44 bits per heavy atom. The predicted molar refractivity (Wildman–Crippen MR) is 71.3 cm³/mol. The lowest BCUT2D eigenvalue weighted by atomic mass is 10.1. The molecule has 0 aliphatic carbocycles. The van der Waals surface area contributed by atoms with E-state index in [2.05, 4.69) is 5.43 Å². The van der Waals surface area contributed by atoms with Crippen molar-refractivity contribution in [3.05, 3.63) is 53.5 Å². The summed E-state index contributed by atoms with van der Waals surface area (Å²) in [4.78, 5) is 0. The molecule has 3 N–H and O–H groups in total. The molecule has 1 unspecified atom stereocenters. The van der Waals surface area contributed by atoms with Crippen molar-refractivity contribution < 1.29 is 9.13 Å². The number of nitrogens with one attached hydrogen (secondary N) is 1. The van der Waals surface area contributed by atoms with Gasteiger partial charge in [0.15, 0.2) is 11.6 Å². The van der Waals surface area contributed by atoms with Crippen LogP contribution >= 0.6 is 0 Å². The normalized spacial score (nSPS) is 14.3. The van der Waals surface area contributed by atoms with Crippen molar-refractivity contribution in [3.63, 3.8) is 0 Å². The summed E-state index contributed by atoms with van der Waals surface area (Å²) in [5.41, 5.74) is 4.36. The Hall–Kier alpha value is -1.81. The number of hydrazine groups is 1. The Labute approximate surface area is 107 Å². The van der Waals surface area contributed by atoms with Gasteiger partial charge in [-0.3, -0.25) is 5.84 Å². The van der Waals surface area contributed by atoms with Gasteiger partial charge in [-0.05, 0) is 44.6 Å². The lowest BCUT2D eigenvalue weighted by molar-refractivity contribution is 0.256. The van der Waals surface area contributed by atoms with E-state index < -0.39 is 0 Å². The molecule has 0 heterocycles. The van der Waals surface area contributed by atoms with Gasteiger partial charge < -0.3 is 10.2 Å². The lowest BCUT2D eigenvalue weighted by Gasteiger charge is -2.14. The van der Waals surface area contributed by atoms with Crippen LogP contribution in [0, 0.1) is 5.82 Å². The van der Waals surface area contributed by atoms with Crippen LogP contribution in [0.1, 0.15) is 20.8 Å². The monoisotopic (exact) mass is 250 g/mol. The molecule has 1 atom stereocenters. The number of halogens is 1. The molecule has 0 saturated carbocycles. The van der Waals surface area contributed by atoms with Crippen molar-refractivity contribution >= 4 is 0 Å². The van der Waals surface area contributed by atoms with Gasteiger partial charge in [0.05, 0.1) is 0 Å². The number of ether oxygens (including phenoxy) is 1. The third-order valence-corrected chi connectivity index (χ3v) is 2.50. The van der Waals surface area contributed by atoms with Crippen LogP contribution in [0.5, 0.6) is 5.75 Å². The number of benzene rings is 1. The molecule has 1 aromatic rings. The van der Waals surface area contributed by atoms with Crippen LogP contribution in [-0.4, -0.2) is 6.10 Å². The Balaban J connectivity index is 2.75. The number of para-hydroxylation sites is 1. The zero-order valence-corrected chi connectivity index (χ0v) is 10.9. The summed E-state index contributed by atoms with van der Waals surface area (Å²) in [6.45, 7) is 5.64. The minimum absolute atomic E-state index is 0.245. The smallest absolute Gasteiger partial charge is 0.165 e. The van der Waals surface area contributed by atoms with Crippen LogP contribution in [0.4, 0.5) is 4.39 Å². The zero-order chi connectivity index (χ0) is 13.5. The average Bonchev–Trinajstić information content (AvgIpc) is 2.33. The highest BCUT2D eigenvalue weighted by Gasteiger charge is 2.06. The zero-order valence-electron chi connectivity index (χ0n) is 10.9. The summed E-state index contributed by atoms with van der Waals surface area (Å²) in [5.74, 6) is 5.26. The molecule has 0 aromatic heterocycles. The second kappa shape index (κ2) is 6.81. The molecule has 4 heteroatoms. The first-order valence-corrected chi connectivity index (χ1v) is 5.81. The van der Waals surface area contributed by atoms with Crippen molar-refractivity contribution in [2.24, 2.45) is 5.84 Å².